The SMILES string of the molecule is Cc1nc([C@@H]2CCCN(C(=O)c3scc4c3CCCC4)C2)cc(=O)[nH]1. The van der Waals surface area contributed by atoms with Crippen LogP contribution in [0.1, 0.15) is 63.9 Å². The molecule has 2 aromatic rings. The molecule has 1 aliphatic heterocycles. The quantitative estimate of drug-likeness (QED) is 0.898. The summed E-state index contributed by atoms with van der Waals surface area (Å²) < 4.78 is 0. The molecule has 0 unspecified atom stereocenters. The predicted octanol–water partition coefficient (Wildman–Crippen LogP) is 3.04. The van der Waals surface area contributed by atoms with Crippen molar-refractivity contribution in [1.29, 1.82) is 0 Å². The first-order chi connectivity index (χ1) is 12.1. The summed E-state index contributed by atoms with van der Waals surface area (Å²) in [6, 6.07) is 1.58. The Morgan fingerprint density at radius 1 is 1.32 bits per heavy atom. The Balaban J connectivity index is 1.56. The lowest BCUT2D eigenvalue weighted by molar-refractivity contribution is 0.0709. The molecule has 0 saturated carbocycles. The number of fused-ring (bicyclic) bond motifs is 1. The lowest BCUT2D eigenvalue weighted by atomic mass is 9.92. The summed E-state index contributed by atoms with van der Waals surface area (Å²) in [7, 11) is 0. The highest BCUT2D eigenvalue weighted by atomic mass is 32.1. The largest absolute Gasteiger partial charge is 0.337 e. The summed E-state index contributed by atoms with van der Waals surface area (Å²) in [6.45, 7) is 3.25. The second-order valence-corrected chi connectivity index (χ2v) is 8.00. The van der Waals surface area contributed by atoms with Crippen molar-refractivity contribution in [2.75, 3.05) is 13.1 Å². The maximum atomic E-state index is 13.1. The van der Waals surface area contributed by atoms with Crippen LogP contribution in [0.3, 0.4) is 0 Å². The molecule has 3 heterocycles. The summed E-state index contributed by atoms with van der Waals surface area (Å²) in [5.41, 5.74) is 3.36. The molecule has 5 nitrogen and oxygen atoms in total. The van der Waals surface area contributed by atoms with Gasteiger partial charge in [0.2, 0.25) is 0 Å². The Kier molecular flexibility index (Phi) is 4.46. The Bertz CT molecular complexity index is 855. The van der Waals surface area contributed by atoms with Gasteiger partial charge < -0.3 is 9.88 Å². The molecular weight excluding hydrogens is 334 g/mol. The molecule has 1 aliphatic carbocycles. The number of aromatic amines is 1. The fourth-order valence-corrected chi connectivity index (χ4v) is 5.18. The third kappa shape index (κ3) is 3.27. The number of rotatable bonds is 2. The number of H-pyrrole nitrogens is 1. The Morgan fingerprint density at radius 2 is 2.16 bits per heavy atom. The van der Waals surface area contributed by atoms with E-state index in [0.29, 0.717) is 12.4 Å². The van der Waals surface area contributed by atoms with Crippen molar-refractivity contribution in [3.63, 3.8) is 0 Å². The highest BCUT2D eigenvalue weighted by molar-refractivity contribution is 7.12. The van der Waals surface area contributed by atoms with Crippen molar-refractivity contribution in [3.8, 4) is 0 Å². The van der Waals surface area contributed by atoms with Gasteiger partial charge in [0.05, 0.1) is 10.6 Å². The van der Waals surface area contributed by atoms with Crippen LogP contribution in [-0.4, -0.2) is 33.9 Å². The predicted molar refractivity (Wildman–Crippen MR) is 98.4 cm³/mol. The van der Waals surface area contributed by atoms with Gasteiger partial charge in [0.25, 0.3) is 11.5 Å². The number of hydrogen-bond acceptors (Lipinski definition) is 4. The fraction of sp³-hybridized carbons (Fsp3) is 0.526. The van der Waals surface area contributed by atoms with Crippen LogP contribution in [0.15, 0.2) is 16.2 Å². The molecule has 0 bridgehead atoms. The van der Waals surface area contributed by atoms with Crippen molar-refractivity contribution in [3.05, 3.63) is 49.3 Å². The third-order valence-electron chi connectivity index (χ3n) is 5.30. The zero-order chi connectivity index (χ0) is 17.4. The van der Waals surface area contributed by atoms with Gasteiger partial charge in [-0.25, -0.2) is 4.98 Å². The molecule has 0 aromatic carbocycles. The Hall–Kier alpha value is -1.95. The van der Waals surface area contributed by atoms with E-state index in [1.54, 1.807) is 24.3 Å². The van der Waals surface area contributed by atoms with Gasteiger partial charge in [-0.2, -0.15) is 0 Å². The highest BCUT2D eigenvalue weighted by Gasteiger charge is 2.29. The van der Waals surface area contributed by atoms with Crippen LogP contribution in [0.2, 0.25) is 0 Å². The number of thiophene rings is 1. The zero-order valence-electron chi connectivity index (χ0n) is 14.5. The number of carbonyl (C=O) groups excluding carboxylic acids is 1. The van der Waals surface area contributed by atoms with Crippen LogP contribution in [0, 0.1) is 6.92 Å². The maximum Gasteiger partial charge on any atom is 0.264 e. The molecule has 0 radical (unpaired) electrons. The van der Waals surface area contributed by atoms with E-state index in [0.717, 1.165) is 42.8 Å². The number of hydrogen-bond donors (Lipinski definition) is 1. The normalized spacial score (nSPS) is 20.4. The number of likely N-dealkylation sites (tertiary alicyclic amines) is 1. The molecule has 6 heteroatoms. The Labute approximate surface area is 151 Å². The smallest absolute Gasteiger partial charge is 0.264 e. The van der Waals surface area contributed by atoms with Gasteiger partial charge in [-0.15, -0.1) is 11.3 Å². The number of piperidine rings is 1. The van der Waals surface area contributed by atoms with E-state index in [1.807, 2.05) is 4.90 Å². The third-order valence-corrected chi connectivity index (χ3v) is 6.36. The molecule has 1 fully saturated rings. The van der Waals surface area contributed by atoms with Crippen LogP contribution in [0.4, 0.5) is 0 Å². The monoisotopic (exact) mass is 357 g/mol. The molecule has 4 rings (SSSR count). The molecule has 132 valence electrons. The fourth-order valence-electron chi connectivity index (χ4n) is 4.06. The molecule has 1 N–H and O–H groups in total. The maximum absolute atomic E-state index is 13.1. The summed E-state index contributed by atoms with van der Waals surface area (Å²) in [5.74, 6) is 0.951. The van der Waals surface area contributed by atoms with Gasteiger partial charge in [-0.1, -0.05) is 0 Å². The standard InChI is InChI=1S/C19H23N3O2S/c1-12-20-16(9-17(23)21-12)13-6-4-8-22(10-13)19(24)18-15-7-3-2-5-14(15)11-25-18/h9,11,13H,2-8,10H2,1H3,(H,20,21,23)/t13-/m1/s1. The molecule has 2 aliphatic rings. The lowest BCUT2D eigenvalue weighted by Gasteiger charge is -2.32. The van der Waals surface area contributed by atoms with Crippen LogP contribution in [-0.2, 0) is 12.8 Å². The summed E-state index contributed by atoms with van der Waals surface area (Å²) in [5, 5.41) is 2.17. The first kappa shape index (κ1) is 16.5. The van der Waals surface area contributed by atoms with Crippen molar-refractivity contribution in [1.82, 2.24) is 14.9 Å². The van der Waals surface area contributed by atoms with Crippen LogP contribution >= 0.6 is 11.3 Å². The van der Waals surface area contributed by atoms with Crippen LogP contribution in [0.25, 0.3) is 0 Å². The number of nitrogens with one attached hydrogen (secondary N) is 1. The Morgan fingerprint density at radius 3 is 3.00 bits per heavy atom. The van der Waals surface area contributed by atoms with Crippen molar-refractivity contribution in [2.24, 2.45) is 0 Å². The molecule has 25 heavy (non-hydrogen) atoms. The van der Waals surface area contributed by atoms with E-state index in [9.17, 15) is 9.59 Å². The van der Waals surface area contributed by atoms with E-state index in [1.165, 1.54) is 24.0 Å². The van der Waals surface area contributed by atoms with E-state index in [4.69, 9.17) is 0 Å². The van der Waals surface area contributed by atoms with Gasteiger partial charge in [0.15, 0.2) is 0 Å². The molecular formula is C19H23N3O2S. The first-order valence-electron chi connectivity index (χ1n) is 9.08. The average molecular weight is 357 g/mol. The minimum absolute atomic E-state index is 0.113. The number of nitrogens with zero attached hydrogens (tertiary/aromatic N) is 2. The first-order valence-corrected chi connectivity index (χ1v) is 9.96. The van der Waals surface area contributed by atoms with Crippen LogP contribution < -0.4 is 5.56 Å². The van der Waals surface area contributed by atoms with Crippen molar-refractivity contribution in [2.45, 2.75) is 51.4 Å². The van der Waals surface area contributed by atoms with E-state index >= 15 is 0 Å². The molecule has 1 amide bonds. The summed E-state index contributed by atoms with van der Waals surface area (Å²) in [4.78, 5) is 34.9. The van der Waals surface area contributed by atoms with E-state index < -0.39 is 0 Å². The number of carbonyl (C=O) groups is 1. The van der Waals surface area contributed by atoms with Gasteiger partial charge in [-0.05, 0) is 62.0 Å². The second-order valence-electron chi connectivity index (χ2n) is 7.12. The molecule has 1 saturated heterocycles. The highest BCUT2D eigenvalue weighted by Crippen LogP contribution is 2.32. The van der Waals surface area contributed by atoms with E-state index in [2.05, 4.69) is 15.3 Å². The average Bonchev–Trinajstić information content (AvgIpc) is 3.04. The van der Waals surface area contributed by atoms with Gasteiger partial charge in [-0.3, -0.25) is 9.59 Å². The van der Waals surface area contributed by atoms with Gasteiger partial charge >= 0.3 is 0 Å². The van der Waals surface area contributed by atoms with Gasteiger partial charge in [0, 0.05) is 25.1 Å². The lowest BCUT2D eigenvalue weighted by Crippen LogP contribution is -2.39. The zero-order valence-corrected chi connectivity index (χ0v) is 15.3. The summed E-state index contributed by atoms with van der Waals surface area (Å²) in [6.07, 6.45) is 6.49. The second kappa shape index (κ2) is 6.75. The summed E-state index contributed by atoms with van der Waals surface area (Å²) >= 11 is 1.61. The van der Waals surface area contributed by atoms with E-state index in [-0.39, 0.29) is 17.4 Å². The van der Waals surface area contributed by atoms with Gasteiger partial charge in [0.1, 0.15) is 5.82 Å². The number of aromatic nitrogens is 2. The minimum atomic E-state index is -0.113. The molecule has 0 spiro atoms. The van der Waals surface area contributed by atoms with Crippen LogP contribution in [0.5, 0.6) is 0 Å². The number of aryl methyl sites for hydroxylation is 2. The minimum Gasteiger partial charge on any atom is -0.337 e. The van der Waals surface area contributed by atoms with Crippen molar-refractivity contribution < 1.29 is 4.79 Å². The molecule has 2 aromatic heterocycles. The van der Waals surface area contributed by atoms with Crippen molar-refractivity contribution >= 4 is 17.2 Å². The molecule has 1 atom stereocenters. The number of amides is 1. The topological polar surface area (TPSA) is 66.1 Å².